The van der Waals surface area contributed by atoms with Crippen LogP contribution >= 0.6 is 0 Å². The summed E-state index contributed by atoms with van der Waals surface area (Å²) in [7, 11) is 0. The Kier molecular flexibility index (Phi) is 4.00. The third-order valence-corrected chi connectivity index (χ3v) is 3.49. The van der Waals surface area contributed by atoms with E-state index in [2.05, 4.69) is 11.0 Å². The molecule has 18 heavy (non-hydrogen) atoms. The van der Waals surface area contributed by atoms with Gasteiger partial charge in [0.1, 0.15) is 0 Å². The number of hydrogen-bond acceptors (Lipinski definition) is 4. The molecule has 0 unspecified atom stereocenters. The second-order valence-electron chi connectivity index (χ2n) is 4.66. The molecule has 5 heteroatoms. The topological polar surface area (TPSA) is 75.1 Å². The molecule has 1 aliphatic rings. The van der Waals surface area contributed by atoms with Crippen LogP contribution in [0.1, 0.15) is 25.3 Å². The molecule has 1 aromatic heterocycles. The number of hydrogen-bond donors (Lipinski definition) is 1. The predicted octanol–water partition coefficient (Wildman–Crippen LogP) is 0.981. The number of nitrogens with two attached hydrogens (primary N) is 1. The van der Waals surface area contributed by atoms with Crippen molar-refractivity contribution in [3.05, 3.63) is 28.7 Å². The van der Waals surface area contributed by atoms with E-state index in [-0.39, 0.29) is 11.6 Å². The van der Waals surface area contributed by atoms with E-state index in [0.717, 1.165) is 32.5 Å². The molecule has 0 spiro atoms. The molecule has 0 amide bonds. The number of anilines is 1. The van der Waals surface area contributed by atoms with Gasteiger partial charge in [0.2, 0.25) is 0 Å². The predicted molar refractivity (Wildman–Crippen MR) is 70.1 cm³/mol. The molecule has 1 aliphatic heterocycles. The lowest BCUT2D eigenvalue weighted by atomic mass is 10.0. The van der Waals surface area contributed by atoms with Crippen LogP contribution in [0, 0.1) is 11.3 Å². The summed E-state index contributed by atoms with van der Waals surface area (Å²) in [6.45, 7) is 2.70. The zero-order valence-electron chi connectivity index (χ0n) is 10.4. The Morgan fingerprint density at radius 2 is 2.17 bits per heavy atom. The molecule has 0 saturated carbocycles. The molecule has 0 aromatic carbocycles. The smallest absolute Gasteiger partial charge is 0.273 e. The Morgan fingerprint density at radius 3 is 2.83 bits per heavy atom. The lowest BCUT2D eigenvalue weighted by Crippen LogP contribution is -2.38. The van der Waals surface area contributed by atoms with Gasteiger partial charge < -0.3 is 15.2 Å². The number of pyridine rings is 1. The molecule has 1 aromatic rings. The Labute approximate surface area is 106 Å². The largest absolute Gasteiger partial charge is 0.394 e. The van der Waals surface area contributed by atoms with Crippen LogP contribution in [0.25, 0.3) is 0 Å². The molecule has 2 N–H and O–H groups in total. The summed E-state index contributed by atoms with van der Waals surface area (Å²) in [6, 6.07) is 5.85. The maximum Gasteiger partial charge on any atom is 0.273 e. The highest BCUT2D eigenvalue weighted by atomic mass is 16.1. The van der Waals surface area contributed by atoms with Crippen molar-refractivity contribution in [3.8, 4) is 6.07 Å². The second-order valence-corrected chi connectivity index (χ2v) is 4.66. The summed E-state index contributed by atoms with van der Waals surface area (Å²) in [6.07, 6.45) is 4.26. The molecule has 2 heterocycles. The van der Waals surface area contributed by atoms with Crippen LogP contribution < -0.4 is 11.3 Å². The van der Waals surface area contributed by atoms with Crippen LogP contribution in [0.4, 0.5) is 5.69 Å². The Hall–Kier alpha value is -1.80. The van der Waals surface area contributed by atoms with Gasteiger partial charge in [-0.1, -0.05) is 0 Å². The lowest BCUT2D eigenvalue weighted by Gasteiger charge is -2.32. The van der Waals surface area contributed by atoms with Gasteiger partial charge in [-0.05, 0) is 25.0 Å². The first-order valence-electron chi connectivity index (χ1n) is 6.28. The van der Waals surface area contributed by atoms with Crippen LogP contribution in [0.5, 0.6) is 0 Å². The maximum absolute atomic E-state index is 11.9. The quantitative estimate of drug-likeness (QED) is 0.862. The Morgan fingerprint density at radius 1 is 1.44 bits per heavy atom. The second kappa shape index (κ2) is 5.69. The maximum atomic E-state index is 11.9. The van der Waals surface area contributed by atoms with Gasteiger partial charge in [0.05, 0.1) is 11.8 Å². The van der Waals surface area contributed by atoms with Crippen LogP contribution in [0.3, 0.4) is 0 Å². The number of nitrogen functional groups attached to an aromatic ring is 1. The van der Waals surface area contributed by atoms with E-state index in [0.29, 0.717) is 12.1 Å². The molecular weight excluding hydrogens is 228 g/mol. The van der Waals surface area contributed by atoms with Crippen LogP contribution in [0.2, 0.25) is 0 Å². The number of likely N-dealkylation sites (tertiary alicyclic amines) is 1. The first-order valence-corrected chi connectivity index (χ1v) is 6.28. The summed E-state index contributed by atoms with van der Waals surface area (Å²) in [4.78, 5) is 14.2. The van der Waals surface area contributed by atoms with E-state index in [1.54, 1.807) is 10.6 Å². The van der Waals surface area contributed by atoms with Gasteiger partial charge in [0.25, 0.3) is 5.56 Å². The average molecular weight is 246 g/mol. The van der Waals surface area contributed by atoms with Gasteiger partial charge in [-0.2, -0.15) is 5.26 Å². The van der Waals surface area contributed by atoms with E-state index in [4.69, 9.17) is 11.0 Å². The van der Waals surface area contributed by atoms with Crippen LogP contribution in [0.15, 0.2) is 23.1 Å². The number of nitriles is 1. The molecule has 2 rings (SSSR count). The Balaban J connectivity index is 2.00. The van der Waals surface area contributed by atoms with Gasteiger partial charge in [-0.15, -0.1) is 0 Å². The molecule has 1 fully saturated rings. The summed E-state index contributed by atoms with van der Waals surface area (Å²) < 4.78 is 1.75. The number of piperidine rings is 1. The van der Waals surface area contributed by atoms with Crippen molar-refractivity contribution in [2.75, 3.05) is 25.4 Å². The minimum atomic E-state index is -0.0898. The average Bonchev–Trinajstić information content (AvgIpc) is 2.40. The molecule has 1 saturated heterocycles. The van der Waals surface area contributed by atoms with Crippen molar-refractivity contribution in [2.24, 2.45) is 0 Å². The van der Waals surface area contributed by atoms with Crippen LogP contribution in [-0.4, -0.2) is 29.1 Å². The number of nitrogens with zero attached hydrogens (tertiary/aromatic N) is 3. The highest BCUT2D eigenvalue weighted by molar-refractivity contribution is 5.33. The van der Waals surface area contributed by atoms with Crippen molar-refractivity contribution in [1.82, 2.24) is 9.47 Å². The molecule has 0 aliphatic carbocycles. The minimum absolute atomic E-state index is 0.0898. The summed E-state index contributed by atoms with van der Waals surface area (Å²) in [5.41, 5.74) is 5.86. The number of aromatic nitrogens is 1. The van der Waals surface area contributed by atoms with Crippen LogP contribution in [-0.2, 0) is 0 Å². The monoisotopic (exact) mass is 246 g/mol. The van der Waals surface area contributed by atoms with Crippen molar-refractivity contribution < 1.29 is 0 Å². The zero-order valence-corrected chi connectivity index (χ0v) is 10.4. The fourth-order valence-electron chi connectivity index (χ4n) is 2.44. The van der Waals surface area contributed by atoms with E-state index in [1.165, 1.54) is 0 Å². The van der Waals surface area contributed by atoms with Crippen molar-refractivity contribution >= 4 is 5.69 Å². The molecule has 0 bridgehead atoms. The summed E-state index contributed by atoms with van der Waals surface area (Å²) in [5.74, 6) is 0. The fourth-order valence-corrected chi connectivity index (χ4v) is 2.44. The minimum Gasteiger partial charge on any atom is -0.394 e. The van der Waals surface area contributed by atoms with Gasteiger partial charge in [-0.3, -0.25) is 4.79 Å². The van der Waals surface area contributed by atoms with Crippen molar-refractivity contribution in [3.63, 3.8) is 0 Å². The van der Waals surface area contributed by atoms with E-state index >= 15 is 0 Å². The van der Waals surface area contributed by atoms with Gasteiger partial charge >= 0.3 is 0 Å². The lowest BCUT2D eigenvalue weighted by molar-refractivity contribution is 0.188. The summed E-state index contributed by atoms with van der Waals surface area (Å²) >= 11 is 0. The zero-order chi connectivity index (χ0) is 13.0. The molecule has 0 radical (unpaired) electrons. The molecule has 96 valence electrons. The highest BCUT2D eigenvalue weighted by Gasteiger charge is 2.20. The third-order valence-electron chi connectivity index (χ3n) is 3.49. The van der Waals surface area contributed by atoms with E-state index in [1.807, 2.05) is 12.3 Å². The highest BCUT2D eigenvalue weighted by Crippen LogP contribution is 2.21. The molecule has 0 atom stereocenters. The van der Waals surface area contributed by atoms with E-state index < -0.39 is 0 Å². The standard InChI is InChI=1S/C13H18N4O/c14-6-2-7-16-9-4-11(5-10-16)17-8-1-3-12(15)13(17)18/h1,3,8,11H,2,4-5,7,9-10,15H2. The molecular formula is C13H18N4O. The normalized spacial score (nSPS) is 17.5. The van der Waals surface area contributed by atoms with Gasteiger partial charge in [-0.25, -0.2) is 0 Å². The molecule has 5 nitrogen and oxygen atoms in total. The van der Waals surface area contributed by atoms with Crippen molar-refractivity contribution in [1.29, 1.82) is 5.26 Å². The van der Waals surface area contributed by atoms with Crippen molar-refractivity contribution in [2.45, 2.75) is 25.3 Å². The fraction of sp³-hybridized carbons (Fsp3) is 0.538. The van der Waals surface area contributed by atoms with E-state index in [9.17, 15) is 4.79 Å². The first-order chi connectivity index (χ1) is 8.72. The first kappa shape index (κ1) is 12.7. The SMILES string of the molecule is N#CCCN1CCC(n2cccc(N)c2=O)CC1. The summed E-state index contributed by atoms with van der Waals surface area (Å²) in [5, 5.41) is 8.56. The van der Waals surface area contributed by atoms with Gasteiger partial charge in [0, 0.05) is 38.3 Å². The Bertz CT molecular complexity index is 494. The van der Waals surface area contributed by atoms with Gasteiger partial charge in [0.15, 0.2) is 0 Å². The third kappa shape index (κ3) is 2.71. The number of rotatable bonds is 3.